The average molecular weight is 315 g/mol. The molecule has 0 saturated heterocycles. The second-order valence-corrected chi connectivity index (χ2v) is 6.15. The molecular formula is C17H25N5O. The largest absolute Gasteiger partial charge is 0.310 e. The van der Waals surface area contributed by atoms with Gasteiger partial charge in [-0.2, -0.15) is 5.10 Å². The number of pyridine rings is 1. The molecule has 1 amide bonds. The smallest absolute Gasteiger partial charge is 0.239 e. The number of nitrogens with one attached hydrogen (secondary N) is 2. The second-order valence-electron chi connectivity index (χ2n) is 6.15. The van der Waals surface area contributed by atoms with Crippen LogP contribution < -0.4 is 10.6 Å². The van der Waals surface area contributed by atoms with E-state index in [1.165, 1.54) is 0 Å². The van der Waals surface area contributed by atoms with Crippen LogP contribution in [0.15, 0.2) is 24.4 Å². The van der Waals surface area contributed by atoms with Crippen molar-refractivity contribution >= 4 is 11.7 Å². The molecule has 0 aromatic carbocycles. The lowest BCUT2D eigenvalue weighted by Crippen LogP contribution is -2.34. The molecular weight excluding hydrogens is 290 g/mol. The Kier molecular flexibility index (Phi) is 5.50. The monoisotopic (exact) mass is 315 g/mol. The zero-order chi connectivity index (χ0) is 17.0. The Hall–Kier alpha value is -2.21. The van der Waals surface area contributed by atoms with Crippen molar-refractivity contribution in [2.24, 2.45) is 13.0 Å². The fourth-order valence-electron chi connectivity index (χ4n) is 2.59. The van der Waals surface area contributed by atoms with Crippen LogP contribution in [-0.4, -0.2) is 27.2 Å². The third-order valence-corrected chi connectivity index (χ3v) is 3.76. The Morgan fingerprint density at radius 2 is 2.09 bits per heavy atom. The van der Waals surface area contributed by atoms with Gasteiger partial charge in [-0.05, 0) is 31.4 Å². The molecule has 6 nitrogen and oxygen atoms in total. The van der Waals surface area contributed by atoms with Crippen molar-refractivity contribution in [2.75, 3.05) is 11.9 Å². The van der Waals surface area contributed by atoms with E-state index in [2.05, 4.69) is 34.6 Å². The minimum Gasteiger partial charge on any atom is -0.310 e. The molecule has 0 radical (unpaired) electrons. The number of aromatic nitrogens is 3. The molecule has 0 bridgehead atoms. The van der Waals surface area contributed by atoms with Crippen molar-refractivity contribution in [3.05, 3.63) is 41.3 Å². The first-order valence-electron chi connectivity index (χ1n) is 7.84. The summed E-state index contributed by atoms with van der Waals surface area (Å²) in [6.45, 7) is 8.40. The number of hydrogen-bond acceptors (Lipinski definition) is 4. The molecule has 23 heavy (non-hydrogen) atoms. The SMILES string of the molecule is Cc1cc(NC(=O)CN[C@@H](c2ncccc2C)C(C)C)n(C)n1. The van der Waals surface area contributed by atoms with E-state index in [1.54, 1.807) is 10.9 Å². The first-order chi connectivity index (χ1) is 10.9. The zero-order valence-electron chi connectivity index (χ0n) is 14.4. The van der Waals surface area contributed by atoms with E-state index in [0.717, 1.165) is 17.0 Å². The van der Waals surface area contributed by atoms with Crippen molar-refractivity contribution < 1.29 is 4.79 Å². The summed E-state index contributed by atoms with van der Waals surface area (Å²) in [6.07, 6.45) is 1.79. The van der Waals surface area contributed by atoms with E-state index in [1.807, 2.05) is 39.1 Å². The van der Waals surface area contributed by atoms with Crippen LogP contribution in [0.1, 0.15) is 36.8 Å². The van der Waals surface area contributed by atoms with E-state index >= 15 is 0 Å². The lowest BCUT2D eigenvalue weighted by molar-refractivity contribution is -0.115. The highest BCUT2D eigenvalue weighted by molar-refractivity contribution is 5.91. The van der Waals surface area contributed by atoms with Crippen molar-refractivity contribution in [1.82, 2.24) is 20.1 Å². The molecule has 0 spiro atoms. The molecule has 2 N–H and O–H groups in total. The summed E-state index contributed by atoms with van der Waals surface area (Å²) in [6, 6.07) is 5.85. The number of carbonyl (C=O) groups excluding carboxylic acids is 1. The number of hydrogen-bond donors (Lipinski definition) is 2. The number of aryl methyl sites for hydroxylation is 3. The maximum Gasteiger partial charge on any atom is 0.239 e. The molecule has 2 heterocycles. The third-order valence-electron chi connectivity index (χ3n) is 3.76. The van der Waals surface area contributed by atoms with Crippen LogP contribution in [-0.2, 0) is 11.8 Å². The molecule has 0 unspecified atom stereocenters. The van der Waals surface area contributed by atoms with E-state index in [9.17, 15) is 4.79 Å². The molecule has 0 aliphatic heterocycles. The topological polar surface area (TPSA) is 71.8 Å². The minimum absolute atomic E-state index is 0.0372. The Morgan fingerprint density at radius 3 is 2.65 bits per heavy atom. The van der Waals surface area contributed by atoms with Gasteiger partial charge in [-0.1, -0.05) is 19.9 Å². The maximum absolute atomic E-state index is 12.2. The molecule has 124 valence electrons. The van der Waals surface area contributed by atoms with Gasteiger partial charge >= 0.3 is 0 Å². The summed E-state index contributed by atoms with van der Waals surface area (Å²) in [7, 11) is 1.81. The summed E-state index contributed by atoms with van der Waals surface area (Å²) in [5.74, 6) is 0.937. The summed E-state index contributed by atoms with van der Waals surface area (Å²) < 4.78 is 1.66. The fourth-order valence-corrected chi connectivity index (χ4v) is 2.59. The molecule has 6 heteroatoms. The first kappa shape index (κ1) is 17.1. The number of nitrogens with zero attached hydrogens (tertiary/aromatic N) is 3. The van der Waals surface area contributed by atoms with Crippen LogP contribution in [0.4, 0.5) is 5.82 Å². The van der Waals surface area contributed by atoms with Crippen molar-refractivity contribution in [3.63, 3.8) is 0 Å². The minimum atomic E-state index is -0.0905. The number of amides is 1. The molecule has 2 rings (SSSR count). The Bertz CT molecular complexity index is 677. The van der Waals surface area contributed by atoms with Gasteiger partial charge in [0, 0.05) is 19.3 Å². The Labute approximate surface area is 137 Å². The number of anilines is 1. The molecule has 0 aliphatic rings. The average Bonchev–Trinajstić information content (AvgIpc) is 2.78. The van der Waals surface area contributed by atoms with Gasteiger partial charge in [-0.15, -0.1) is 0 Å². The van der Waals surface area contributed by atoms with Crippen molar-refractivity contribution in [1.29, 1.82) is 0 Å². The highest BCUT2D eigenvalue weighted by Crippen LogP contribution is 2.22. The lowest BCUT2D eigenvalue weighted by atomic mass is 9.97. The van der Waals surface area contributed by atoms with E-state index in [-0.39, 0.29) is 18.5 Å². The van der Waals surface area contributed by atoms with Gasteiger partial charge in [0.05, 0.1) is 24.0 Å². The van der Waals surface area contributed by atoms with Crippen LogP contribution in [0.3, 0.4) is 0 Å². The van der Waals surface area contributed by atoms with Crippen LogP contribution in [0.5, 0.6) is 0 Å². The van der Waals surface area contributed by atoms with Crippen LogP contribution in [0, 0.1) is 19.8 Å². The maximum atomic E-state index is 12.2. The molecule has 2 aromatic rings. The summed E-state index contributed by atoms with van der Waals surface area (Å²) in [5.41, 5.74) is 2.99. The summed E-state index contributed by atoms with van der Waals surface area (Å²) >= 11 is 0. The summed E-state index contributed by atoms with van der Waals surface area (Å²) in [4.78, 5) is 16.7. The lowest BCUT2D eigenvalue weighted by Gasteiger charge is -2.23. The van der Waals surface area contributed by atoms with E-state index < -0.39 is 0 Å². The van der Waals surface area contributed by atoms with Crippen LogP contribution in [0.25, 0.3) is 0 Å². The van der Waals surface area contributed by atoms with Gasteiger partial charge in [0.2, 0.25) is 5.91 Å². The summed E-state index contributed by atoms with van der Waals surface area (Å²) in [5, 5.41) is 10.4. The van der Waals surface area contributed by atoms with E-state index in [4.69, 9.17) is 0 Å². The molecule has 2 aromatic heterocycles. The van der Waals surface area contributed by atoms with Gasteiger partial charge in [-0.3, -0.25) is 19.8 Å². The molecule has 0 saturated carbocycles. The third kappa shape index (κ3) is 4.39. The first-order valence-corrected chi connectivity index (χ1v) is 7.84. The van der Waals surface area contributed by atoms with Crippen molar-refractivity contribution in [3.8, 4) is 0 Å². The van der Waals surface area contributed by atoms with Gasteiger partial charge in [0.1, 0.15) is 5.82 Å². The Morgan fingerprint density at radius 1 is 1.35 bits per heavy atom. The normalized spacial score (nSPS) is 12.4. The highest BCUT2D eigenvalue weighted by atomic mass is 16.2. The van der Waals surface area contributed by atoms with Gasteiger partial charge < -0.3 is 5.32 Å². The van der Waals surface area contributed by atoms with Crippen LogP contribution in [0.2, 0.25) is 0 Å². The van der Waals surface area contributed by atoms with Gasteiger partial charge in [-0.25, -0.2) is 0 Å². The fraction of sp³-hybridized carbons (Fsp3) is 0.471. The quantitative estimate of drug-likeness (QED) is 0.858. The number of carbonyl (C=O) groups is 1. The molecule has 1 atom stereocenters. The molecule has 0 aliphatic carbocycles. The van der Waals surface area contributed by atoms with Gasteiger partial charge in [0.25, 0.3) is 0 Å². The van der Waals surface area contributed by atoms with E-state index in [0.29, 0.717) is 11.7 Å². The predicted octanol–water partition coefficient (Wildman–Crippen LogP) is 2.36. The number of rotatable bonds is 6. The standard InChI is InChI=1S/C17H25N5O/c1-11(2)16(17-12(3)7-6-8-18-17)19-10-15(23)20-14-9-13(4)21-22(14)5/h6-9,11,16,19H,10H2,1-5H3,(H,20,23)/t16-/m1/s1. The second kappa shape index (κ2) is 7.37. The Balaban J connectivity index is 2.00. The molecule has 0 fully saturated rings. The van der Waals surface area contributed by atoms with Gasteiger partial charge in [0.15, 0.2) is 0 Å². The zero-order valence-corrected chi connectivity index (χ0v) is 14.4. The highest BCUT2D eigenvalue weighted by Gasteiger charge is 2.19. The van der Waals surface area contributed by atoms with Crippen LogP contribution >= 0.6 is 0 Å². The predicted molar refractivity (Wildman–Crippen MR) is 91.1 cm³/mol. The van der Waals surface area contributed by atoms with Crippen molar-refractivity contribution in [2.45, 2.75) is 33.7 Å².